The van der Waals surface area contributed by atoms with Gasteiger partial charge in [0, 0.05) is 12.0 Å². The zero-order chi connectivity index (χ0) is 14.4. The van der Waals surface area contributed by atoms with Crippen LogP contribution in [0.3, 0.4) is 0 Å². The van der Waals surface area contributed by atoms with Gasteiger partial charge in [-0.2, -0.15) is 0 Å². The van der Waals surface area contributed by atoms with Crippen LogP contribution in [0, 0.1) is 11.7 Å². The summed E-state index contributed by atoms with van der Waals surface area (Å²) in [4.78, 5) is 12.1. The number of hydrogen-bond donors (Lipinski definition) is 2. The maximum atomic E-state index is 13.1. The maximum absolute atomic E-state index is 13.1. The average Bonchev–Trinajstić information content (AvgIpc) is 2.46. The molecule has 0 bridgehead atoms. The Morgan fingerprint density at radius 1 is 1.45 bits per heavy atom. The number of nitrogens with one attached hydrogen (secondary N) is 2. The molecule has 0 radical (unpaired) electrons. The monoisotopic (exact) mass is 278 g/mol. The van der Waals surface area contributed by atoms with Crippen LogP contribution in [0.15, 0.2) is 24.3 Å². The van der Waals surface area contributed by atoms with E-state index >= 15 is 0 Å². The summed E-state index contributed by atoms with van der Waals surface area (Å²) in [5.41, 5.74) is 0.950. The van der Waals surface area contributed by atoms with Crippen molar-refractivity contribution in [2.24, 2.45) is 5.92 Å². The van der Waals surface area contributed by atoms with Gasteiger partial charge in [-0.3, -0.25) is 4.79 Å². The second kappa shape index (κ2) is 7.39. The fourth-order valence-electron chi connectivity index (χ4n) is 2.52. The first kappa shape index (κ1) is 15.0. The van der Waals surface area contributed by atoms with Crippen LogP contribution >= 0.6 is 0 Å². The minimum absolute atomic E-state index is 0.0341. The van der Waals surface area contributed by atoms with E-state index in [0.29, 0.717) is 6.04 Å². The Hall–Kier alpha value is -1.42. The molecule has 0 saturated carbocycles. The number of piperidine rings is 1. The predicted molar refractivity (Wildman–Crippen MR) is 77.9 cm³/mol. The van der Waals surface area contributed by atoms with Gasteiger partial charge in [-0.1, -0.05) is 19.1 Å². The molecule has 1 aromatic rings. The van der Waals surface area contributed by atoms with E-state index in [-0.39, 0.29) is 17.6 Å². The molecule has 0 aromatic heterocycles. The summed E-state index contributed by atoms with van der Waals surface area (Å²) in [6, 6.07) is 6.90. The molecule has 1 unspecified atom stereocenters. The summed E-state index contributed by atoms with van der Waals surface area (Å²) in [5.74, 6) is -0.129. The van der Waals surface area contributed by atoms with E-state index in [4.69, 9.17) is 0 Å². The predicted octanol–water partition coefficient (Wildman–Crippen LogP) is 2.26. The smallest absolute Gasteiger partial charge is 0.223 e. The van der Waals surface area contributed by atoms with Crippen LogP contribution in [0.5, 0.6) is 0 Å². The summed E-state index contributed by atoms with van der Waals surface area (Å²) < 4.78 is 13.1. The van der Waals surface area contributed by atoms with Crippen molar-refractivity contribution in [1.29, 1.82) is 0 Å². The lowest BCUT2D eigenvalue weighted by molar-refractivity contribution is -0.125. The summed E-state index contributed by atoms with van der Waals surface area (Å²) in [6.07, 6.45) is 3.49. The summed E-state index contributed by atoms with van der Waals surface area (Å²) in [5, 5.41) is 6.40. The van der Waals surface area contributed by atoms with Crippen molar-refractivity contribution in [1.82, 2.24) is 10.6 Å². The first-order valence-electron chi connectivity index (χ1n) is 7.40. The third kappa shape index (κ3) is 4.60. The largest absolute Gasteiger partial charge is 0.353 e. The number of halogens is 1. The fraction of sp³-hybridized carbons (Fsp3) is 0.562. The highest BCUT2D eigenvalue weighted by molar-refractivity contribution is 5.78. The zero-order valence-electron chi connectivity index (χ0n) is 12.0. The van der Waals surface area contributed by atoms with Crippen molar-refractivity contribution in [2.45, 2.75) is 38.6 Å². The number of carbonyl (C=O) groups is 1. The first-order chi connectivity index (χ1) is 9.65. The molecule has 1 amide bonds. The van der Waals surface area contributed by atoms with E-state index in [9.17, 15) is 9.18 Å². The standard InChI is InChI=1S/C16H23FN2O/c1-12(5-6-13-3-2-4-14(17)11-13)16(20)19-15-7-9-18-10-8-15/h2-4,11-12,15,18H,5-10H2,1H3,(H,19,20). The highest BCUT2D eigenvalue weighted by atomic mass is 19.1. The number of hydrogen-bond acceptors (Lipinski definition) is 2. The number of amides is 1. The number of benzene rings is 1. The SMILES string of the molecule is CC(CCc1cccc(F)c1)C(=O)NC1CCNCC1. The van der Waals surface area contributed by atoms with Gasteiger partial charge < -0.3 is 10.6 Å². The van der Waals surface area contributed by atoms with Crippen LogP contribution in [-0.4, -0.2) is 25.0 Å². The summed E-state index contributed by atoms with van der Waals surface area (Å²) >= 11 is 0. The molecule has 1 saturated heterocycles. The highest BCUT2D eigenvalue weighted by Crippen LogP contribution is 2.12. The molecule has 0 aliphatic carbocycles. The van der Waals surface area contributed by atoms with Gasteiger partial charge in [0.25, 0.3) is 0 Å². The Labute approximate surface area is 120 Å². The van der Waals surface area contributed by atoms with E-state index < -0.39 is 0 Å². The molecule has 1 fully saturated rings. The van der Waals surface area contributed by atoms with Crippen molar-refractivity contribution in [2.75, 3.05) is 13.1 Å². The van der Waals surface area contributed by atoms with E-state index in [1.54, 1.807) is 6.07 Å². The van der Waals surface area contributed by atoms with E-state index in [1.165, 1.54) is 12.1 Å². The van der Waals surface area contributed by atoms with Gasteiger partial charge >= 0.3 is 0 Å². The van der Waals surface area contributed by atoms with E-state index in [2.05, 4.69) is 10.6 Å². The molecule has 0 spiro atoms. The van der Waals surface area contributed by atoms with E-state index in [1.807, 2.05) is 13.0 Å². The minimum Gasteiger partial charge on any atom is -0.353 e. The first-order valence-corrected chi connectivity index (χ1v) is 7.40. The van der Waals surface area contributed by atoms with Crippen molar-refractivity contribution in [3.63, 3.8) is 0 Å². The van der Waals surface area contributed by atoms with Crippen LogP contribution in [0.4, 0.5) is 4.39 Å². The highest BCUT2D eigenvalue weighted by Gasteiger charge is 2.19. The molecule has 1 aliphatic rings. The molecule has 20 heavy (non-hydrogen) atoms. The zero-order valence-corrected chi connectivity index (χ0v) is 12.0. The normalized spacial score (nSPS) is 17.7. The van der Waals surface area contributed by atoms with Crippen molar-refractivity contribution >= 4 is 5.91 Å². The second-order valence-corrected chi connectivity index (χ2v) is 5.60. The van der Waals surface area contributed by atoms with Gasteiger partial charge in [0.2, 0.25) is 5.91 Å². The van der Waals surface area contributed by atoms with Crippen molar-refractivity contribution in [3.05, 3.63) is 35.6 Å². The van der Waals surface area contributed by atoms with Crippen molar-refractivity contribution in [3.8, 4) is 0 Å². The Morgan fingerprint density at radius 2 is 2.20 bits per heavy atom. The molecule has 1 aliphatic heterocycles. The Bertz CT molecular complexity index is 444. The second-order valence-electron chi connectivity index (χ2n) is 5.60. The van der Waals surface area contributed by atoms with Gasteiger partial charge in [-0.15, -0.1) is 0 Å². The number of carbonyl (C=O) groups excluding carboxylic acids is 1. The van der Waals surface area contributed by atoms with Crippen LogP contribution in [0.1, 0.15) is 31.7 Å². The van der Waals surface area contributed by atoms with Gasteiger partial charge in [-0.25, -0.2) is 4.39 Å². The van der Waals surface area contributed by atoms with Gasteiger partial charge in [-0.05, 0) is 56.5 Å². The van der Waals surface area contributed by atoms with Crippen molar-refractivity contribution < 1.29 is 9.18 Å². The van der Waals surface area contributed by atoms with Gasteiger partial charge in [0.1, 0.15) is 5.82 Å². The number of aryl methyl sites for hydroxylation is 1. The molecular weight excluding hydrogens is 255 g/mol. The third-order valence-corrected chi connectivity index (χ3v) is 3.89. The molecule has 1 aromatic carbocycles. The fourth-order valence-corrected chi connectivity index (χ4v) is 2.52. The Morgan fingerprint density at radius 3 is 2.90 bits per heavy atom. The molecule has 2 N–H and O–H groups in total. The molecule has 3 nitrogen and oxygen atoms in total. The topological polar surface area (TPSA) is 41.1 Å². The molecular formula is C16H23FN2O. The lowest BCUT2D eigenvalue weighted by Crippen LogP contribution is -2.44. The molecule has 1 heterocycles. The van der Waals surface area contributed by atoms with E-state index in [0.717, 1.165) is 44.3 Å². The Balaban J connectivity index is 1.76. The maximum Gasteiger partial charge on any atom is 0.223 e. The minimum atomic E-state index is -0.214. The summed E-state index contributed by atoms with van der Waals surface area (Å²) in [7, 11) is 0. The lowest BCUT2D eigenvalue weighted by atomic mass is 9.99. The quantitative estimate of drug-likeness (QED) is 0.867. The Kier molecular flexibility index (Phi) is 5.53. The summed E-state index contributed by atoms with van der Waals surface area (Å²) in [6.45, 7) is 3.89. The van der Waals surface area contributed by atoms with Crippen LogP contribution < -0.4 is 10.6 Å². The number of rotatable bonds is 5. The lowest BCUT2D eigenvalue weighted by Gasteiger charge is -2.25. The van der Waals surface area contributed by atoms with Gasteiger partial charge in [0.05, 0.1) is 0 Å². The molecule has 1 atom stereocenters. The van der Waals surface area contributed by atoms with Crippen LogP contribution in [0.25, 0.3) is 0 Å². The molecule has 4 heteroatoms. The van der Waals surface area contributed by atoms with Gasteiger partial charge in [0.15, 0.2) is 0 Å². The average molecular weight is 278 g/mol. The molecule has 110 valence electrons. The van der Waals surface area contributed by atoms with Crippen LogP contribution in [-0.2, 0) is 11.2 Å². The molecule has 2 rings (SSSR count). The third-order valence-electron chi connectivity index (χ3n) is 3.89. The van der Waals surface area contributed by atoms with Crippen LogP contribution in [0.2, 0.25) is 0 Å².